The summed E-state index contributed by atoms with van der Waals surface area (Å²) in [5.41, 5.74) is 0. The summed E-state index contributed by atoms with van der Waals surface area (Å²) < 4.78 is 7.45. The van der Waals surface area contributed by atoms with Crippen LogP contribution in [0.4, 0.5) is 0 Å². The summed E-state index contributed by atoms with van der Waals surface area (Å²) in [7, 11) is 3.64. The van der Waals surface area contributed by atoms with Crippen molar-refractivity contribution in [3.05, 3.63) is 18.2 Å². The van der Waals surface area contributed by atoms with Gasteiger partial charge in [-0.05, 0) is 26.2 Å². The quantitative estimate of drug-likeness (QED) is 0.471. The average molecular weight is 307 g/mol. The molecule has 0 radical (unpaired) electrons. The standard InChI is InChI=1S/C16H29N5O/c1-14-18-8-11-20(14)9-5-4-7-19-16(17-2)21-10-6-15(12-21)13-22-3/h8,11,15H,4-7,9-10,12-13H2,1-3H3,(H,17,19). The van der Waals surface area contributed by atoms with Gasteiger partial charge in [-0.15, -0.1) is 0 Å². The Bertz CT molecular complexity index is 471. The van der Waals surface area contributed by atoms with Gasteiger partial charge < -0.3 is 19.5 Å². The second-order valence-electron chi connectivity index (χ2n) is 5.91. The van der Waals surface area contributed by atoms with E-state index in [1.165, 1.54) is 6.42 Å². The molecule has 1 aromatic rings. The van der Waals surface area contributed by atoms with Crippen LogP contribution in [0.2, 0.25) is 0 Å². The smallest absolute Gasteiger partial charge is 0.193 e. The molecule has 0 saturated carbocycles. The van der Waals surface area contributed by atoms with E-state index >= 15 is 0 Å². The molecule has 1 unspecified atom stereocenters. The Kier molecular flexibility index (Phi) is 6.71. The third-order valence-electron chi connectivity index (χ3n) is 4.23. The molecule has 124 valence electrons. The number of aliphatic imine (C=N–C) groups is 1. The zero-order valence-corrected chi connectivity index (χ0v) is 14.1. The third-order valence-corrected chi connectivity index (χ3v) is 4.23. The van der Waals surface area contributed by atoms with Gasteiger partial charge >= 0.3 is 0 Å². The fraction of sp³-hybridized carbons (Fsp3) is 0.750. The van der Waals surface area contributed by atoms with E-state index in [0.717, 1.165) is 57.4 Å². The molecule has 1 N–H and O–H groups in total. The van der Waals surface area contributed by atoms with Crippen LogP contribution in [0.3, 0.4) is 0 Å². The summed E-state index contributed by atoms with van der Waals surface area (Å²) in [4.78, 5) is 11.0. The summed E-state index contributed by atoms with van der Waals surface area (Å²) >= 11 is 0. The highest BCUT2D eigenvalue weighted by Gasteiger charge is 2.24. The SMILES string of the molecule is CN=C(NCCCCn1ccnc1C)N1CCC(COC)C1. The van der Waals surface area contributed by atoms with Gasteiger partial charge in [-0.25, -0.2) is 4.98 Å². The van der Waals surface area contributed by atoms with Crippen LogP contribution in [0, 0.1) is 12.8 Å². The summed E-state index contributed by atoms with van der Waals surface area (Å²) in [6.07, 6.45) is 7.37. The first kappa shape index (κ1) is 16.8. The highest BCUT2D eigenvalue weighted by Crippen LogP contribution is 2.16. The first-order valence-electron chi connectivity index (χ1n) is 8.17. The molecular weight excluding hydrogens is 278 g/mol. The van der Waals surface area contributed by atoms with Crippen LogP contribution in [0.25, 0.3) is 0 Å². The number of aryl methyl sites for hydroxylation is 2. The Balaban J connectivity index is 1.64. The topological polar surface area (TPSA) is 54.7 Å². The van der Waals surface area contributed by atoms with Crippen molar-refractivity contribution in [2.75, 3.05) is 40.4 Å². The van der Waals surface area contributed by atoms with Crippen molar-refractivity contribution in [3.63, 3.8) is 0 Å². The molecule has 1 fully saturated rings. The monoisotopic (exact) mass is 307 g/mol. The number of nitrogens with one attached hydrogen (secondary N) is 1. The molecule has 6 nitrogen and oxygen atoms in total. The zero-order chi connectivity index (χ0) is 15.8. The fourth-order valence-electron chi connectivity index (χ4n) is 2.98. The Morgan fingerprint density at radius 2 is 2.36 bits per heavy atom. The molecule has 22 heavy (non-hydrogen) atoms. The van der Waals surface area contributed by atoms with Crippen molar-refractivity contribution >= 4 is 5.96 Å². The lowest BCUT2D eigenvalue weighted by molar-refractivity contribution is 0.157. The molecule has 0 spiro atoms. The average Bonchev–Trinajstić information content (AvgIpc) is 3.13. The largest absolute Gasteiger partial charge is 0.384 e. The maximum atomic E-state index is 5.25. The van der Waals surface area contributed by atoms with Crippen molar-refractivity contribution in [3.8, 4) is 0 Å². The third kappa shape index (κ3) is 4.73. The van der Waals surface area contributed by atoms with E-state index < -0.39 is 0 Å². The molecule has 1 aromatic heterocycles. The first-order valence-corrected chi connectivity index (χ1v) is 8.17. The van der Waals surface area contributed by atoms with Gasteiger partial charge in [-0.1, -0.05) is 0 Å². The highest BCUT2D eigenvalue weighted by molar-refractivity contribution is 5.80. The van der Waals surface area contributed by atoms with E-state index in [2.05, 4.69) is 24.8 Å². The highest BCUT2D eigenvalue weighted by atomic mass is 16.5. The van der Waals surface area contributed by atoms with E-state index in [1.54, 1.807) is 7.11 Å². The molecule has 0 bridgehead atoms. The van der Waals surface area contributed by atoms with Crippen molar-refractivity contribution in [1.82, 2.24) is 19.8 Å². The molecule has 0 aliphatic carbocycles. The number of imidazole rings is 1. The van der Waals surface area contributed by atoms with Crippen molar-refractivity contribution in [2.45, 2.75) is 32.7 Å². The number of methoxy groups -OCH3 is 1. The molecule has 6 heteroatoms. The van der Waals surface area contributed by atoms with E-state index in [0.29, 0.717) is 5.92 Å². The molecule has 2 rings (SSSR count). The number of hydrogen-bond donors (Lipinski definition) is 1. The number of aromatic nitrogens is 2. The van der Waals surface area contributed by atoms with Gasteiger partial charge in [-0.2, -0.15) is 0 Å². The Labute approximate surface area is 133 Å². The van der Waals surface area contributed by atoms with E-state index in [-0.39, 0.29) is 0 Å². The van der Waals surface area contributed by atoms with Crippen molar-refractivity contribution in [2.24, 2.45) is 10.9 Å². The van der Waals surface area contributed by atoms with E-state index in [9.17, 15) is 0 Å². The van der Waals surface area contributed by atoms with E-state index in [1.807, 2.05) is 26.4 Å². The number of unbranched alkanes of at least 4 members (excludes halogenated alkanes) is 1. The van der Waals surface area contributed by atoms with Gasteiger partial charge in [0.05, 0.1) is 6.61 Å². The van der Waals surface area contributed by atoms with Gasteiger partial charge in [0.1, 0.15) is 5.82 Å². The lowest BCUT2D eigenvalue weighted by Gasteiger charge is -2.21. The molecule has 1 aliphatic heterocycles. The van der Waals surface area contributed by atoms with Crippen molar-refractivity contribution in [1.29, 1.82) is 0 Å². The molecule has 0 aromatic carbocycles. The van der Waals surface area contributed by atoms with Crippen molar-refractivity contribution < 1.29 is 4.74 Å². The van der Waals surface area contributed by atoms with Crippen LogP contribution < -0.4 is 5.32 Å². The van der Waals surface area contributed by atoms with Crippen LogP contribution in [0.5, 0.6) is 0 Å². The Morgan fingerprint density at radius 1 is 1.50 bits per heavy atom. The van der Waals surface area contributed by atoms with Crippen LogP contribution in [-0.4, -0.2) is 60.8 Å². The molecular formula is C16H29N5O. The van der Waals surface area contributed by atoms with Crippen LogP contribution >= 0.6 is 0 Å². The normalized spacial score (nSPS) is 19.0. The molecule has 1 saturated heterocycles. The Morgan fingerprint density at radius 3 is 3.05 bits per heavy atom. The van der Waals surface area contributed by atoms with Crippen LogP contribution in [-0.2, 0) is 11.3 Å². The van der Waals surface area contributed by atoms with Crippen LogP contribution in [0.1, 0.15) is 25.1 Å². The minimum absolute atomic E-state index is 0.632. The Hall–Kier alpha value is -1.56. The van der Waals surface area contributed by atoms with Gasteiger partial charge in [0.2, 0.25) is 0 Å². The molecule has 2 heterocycles. The molecule has 1 atom stereocenters. The number of likely N-dealkylation sites (tertiary alicyclic amines) is 1. The van der Waals surface area contributed by atoms with Gasteiger partial charge in [-0.3, -0.25) is 4.99 Å². The van der Waals surface area contributed by atoms with Gasteiger partial charge in [0, 0.05) is 58.6 Å². The molecule has 0 amide bonds. The summed E-state index contributed by atoms with van der Waals surface area (Å²) in [5.74, 6) is 2.75. The number of hydrogen-bond acceptors (Lipinski definition) is 3. The minimum Gasteiger partial charge on any atom is -0.384 e. The summed E-state index contributed by atoms with van der Waals surface area (Å²) in [6.45, 7) is 7.00. The minimum atomic E-state index is 0.632. The predicted molar refractivity (Wildman–Crippen MR) is 89.1 cm³/mol. The summed E-state index contributed by atoms with van der Waals surface area (Å²) in [6, 6.07) is 0. The van der Waals surface area contributed by atoms with Crippen LogP contribution in [0.15, 0.2) is 17.4 Å². The number of guanidine groups is 1. The van der Waals surface area contributed by atoms with Gasteiger partial charge in [0.25, 0.3) is 0 Å². The number of nitrogens with zero attached hydrogens (tertiary/aromatic N) is 4. The first-order chi connectivity index (χ1) is 10.7. The number of ether oxygens (including phenoxy) is 1. The second kappa shape index (κ2) is 8.78. The summed E-state index contributed by atoms with van der Waals surface area (Å²) in [5, 5.41) is 3.48. The van der Waals surface area contributed by atoms with E-state index in [4.69, 9.17) is 4.74 Å². The lowest BCUT2D eigenvalue weighted by atomic mass is 10.1. The maximum absolute atomic E-state index is 5.25. The second-order valence-corrected chi connectivity index (χ2v) is 5.91. The molecule has 1 aliphatic rings. The maximum Gasteiger partial charge on any atom is 0.193 e. The number of rotatable bonds is 7. The fourth-order valence-corrected chi connectivity index (χ4v) is 2.98. The van der Waals surface area contributed by atoms with Gasteiger partial charge in [0.15, 0.2) is 5.96 Å². The zero-order valence-electron chi connectivity index (χ0n) is 14.1. The predicted octanol–water partition coefficient (Wildman–Crippen LogP) is 1.52. The lowest BCUT2D eigenvalue weighted by Crippen LogP contribution is -2.40.